The van der Waals surface area contributed by atoms with E-state index in [1.807, 2.05) is 0 Å². The number of hydrogen-bond donors (Lipinski definition) is 0. The molecule has 0 unspecified atom stereocenters. The van der Waals surface area contributed by atoms with Gasteiger partial charge in [0.25, 0.3) is 0 Å². The normalized spacial score (nSPS) is 12.0. The van der Waals surface area contributed by atoms with Crippen LogP contribution in [0.5, 0.6) is 0 Å². The van der Waals surface area contributed by atoms with Gasteiger partial charge in [-0.05, 0) is 0 Å². The third-order valence-corrected chi connectivity index (χ3v) is 156. The van der Waals surface area contributed by atoms with Crippen LogP contribution >= 0.6 is 10.5 Å². The molecule has 0 aliphatic carbocycles. The first-order valence-corrected chi connectivity index (χ1v) is 39.1. The molecule has 0 saturated heterocycles. The summed E-state index contributed by atoms with van der Waals surface area (Å²) in [5.74, 6) is 0. The summed E-state index contributed by atoms with van der Waals surface area (Å²) >= 11 is -3.29. The van der Waals surface area contributed by atoms with Crippen molar-refractivity contribution in [2.24, 2.45) is 0 Å². The van der Waals surface area contributed by atoms with Gasteiger partial charge in [-0.3, -0.25) is 0 Å². The molecular formula is C15H35Bi3S2. The molecule has 0 N–H and O–H groups in total. The van der Waals surface area contributed by atoms with Crippen LogP contribution in [0.15, 0.2) is 0 Å². The van der Waals surface area contributed by atoms with Gasteiger partial charge < -0.3 is 0 Å². The van der Waals surface area contributed by atoms with Gasteiger partial charge in [0.2, 0.25) is 0 Å². The summed E-state index contributed by atoms with van der Waals surface area (Å²) in [4.78, 5) is 0. The van der Waals surface area contributed by atoms with Crippen LogP contribution in [0.1, 0.15) is 66.7 Å². The first-order chi connectivity index (χ1) is 9.71. The molecule has 5 heteroatoms. The Morgan fingerprint density at radius 2 is 0.800 bits per heavy atom. The maximum atomic E-state index is 2.76. The van der Waals surface area contributed by atoms with Gasteiger partial charge in [0, 0.05) is 0 Å². The van der Waals surface area contributed by atoms with Gasteiger partial charge in [-0.25, -0.2) is 0 Å². The summed E-state index contributed by atoms with van der Waals surface area (Å²) in [6.45, 7) is 12.1. The molecule has 0 aliphatic rings. The standard InChI is InChI=1S/5C3H7.3Bi.2S/c5*1-3-2;;;;;/h5*1,3H2,2H3;;;;;. The van der Waals surface area contributed by atoms with Gasteiger partial charge in [-0.1, -0.05) is 0 Å². The van der Waals surface area contributed by atoms with Gasteiger partial charge in [0.05, 0.1) is 0 Å². The Labute approximate surface area is 154 Å². The molecule has 0 bridgehead atoms. The predicted molar refractivity (Wildman–Crippen MR) is 108 cm³/mol. The van der Waals surface area contributed by atoms with Crippen molar-refractivity contribution in [3.63, 3.8) is 0 Å². The summed E-state index contributed by atoms with van der Waals surface area (Å²) < 4.78 is 8.44. The number of hydrogen-bond acceptors (Lipinski definition) is 2. The Morgan fingerprint density at radius 1 is 0.500 bits per heavy atom. The van der Waals surface area contributed by atoms with Crippen LogP contribution in [0.3, 0.4) is 0 Å². The van der Waals surface area contributed by atoms with E-state index in [9.17, 15) is 0 Å². The van der Waals surface area contributed by atoms with Gasteiger partial charge in [-0.2, -0.15) is 0 Å². The van der Waals surface area contributed by atoms with Gasteiger partial charge in [0.1, 0.15) is 0 Å². The molecule has 0 aromatic rings. The average Bonchev–Trinajstić information content (AvgIpc) is 2.40. The fourth-order valence-electron chi connectivity index (χ4n) is 1.92. The van der Waals surface area contributed by atoms with Gasteiger partial charge >= 0.3 is 157 Å². The molecule has 0 saturated carbocycles. The second-order valence-electron chi connectivity index (χ2n) is 5.08. The molecule has 0 rings (SSSR count). The topological polar surface area (TPSA) is 0 Å². The van der Waals surface area contributed by atoms with E-state index in [-0.39, 0.29) is 0 Å². The van der Waals surface area contributed by atoms with Crippen molar-refractivity contribution in [2.45, 2.75) is 87.4 Å². The van der Waals surface area contributed by atoms with Crippen LogP contribution in [-0.2, 0) is 0 Å². The molecule has 0 heterocycles. The van der Waals surface area contributed by atoms with Crippen LogP contribution in [0.4, 0.5) is 0 Å². The van der Waals surface area contributed by atoms with E-state index in [1.54, 1.807) is 20.6 Å². The summed E-state index contributed by atoms with van der Waals surface area (Å²) in [6, 6.07) is 0. The second-order valence-corrected chi connectivity index (χ2v) is 80.2. The molecule has 0 aromatic heterocycles. The minimum absolute atomic E-state index is 1.07. The fraction of sp³-hybridized carbons (Fsp3) is 1.00. The molecule has 20 heavy (non-hydrogen) atoms. The van der Waals surface area contributed by atoms with Crippen molar-refractivity contribution in [1.82, 2.24) is 0 Å². The molecule has 0 nitrogen and oxygen atoms in total. The zero-order chi connectivity index (χ0) is 15.2. The predicted octanol–water partition coefficient (Wildman–Crippen LogP) is 6.97. The molecule has 122 valence electrons. The third kappa shape index (κ3) is 12.7. The van der Waals surface area contributed by atoms with E-state index in [4.69, 9.17) is 0 Å². The van der Waals surface area contributed by atoms with E-state index in [1.165, 1.54) is 32.1 Å². The Bertz CT molecular complexity index is 176. The summed E-state index contributed by atoms with van der Waals surface area (Å²) in [5.41, 5.74) is 0. The minimum atomic E-state index is -1.15. The van der Waals surface area contributed by atoms with E-state index < -0.39 is 59.4 Å². The summed E-state index contributed by atoms with van der Waals surface area (Å²) in [7, 11) is 0. The molecular weight excluding hydrogens is 871 g/mol. The van der Waals surface area contributed by atoms with Crippen molar-refractivity contribution in [2.75, 3.05) is 0 Å². The molecule has 0 radical (unpaired) electrons. The van der Waals surface area contributed by atoms with Crippen LogP contribution in [0.25, 0.3) is 0 Å². The van der Waals surface area contributed by atoms with Gasteiger partial charge in [0.15, 0.2) is 0 Å². The van der Waals surface area contributed by atoms with E-state index >= 15 is 0 Å². The average molecular weight is 907 g/mol. The quantitative estimate of drug-likeness (QED) is 0.173. The zero-order valence-corrected chi connectivity index (χ0v) is 26.3. The Balaban J connectivity index is 4.41. The first-order valence-electron chi connectivity index (χ1n) is 8.35. The van der Waals surface area contributed by atoms with Crippen molar-refractivity contribution >= 4 is 69.9 Å². The monoisotopic (exact) mass is 906 g/mol. The van der Waals surface area contributed by atoms with Crippen molar-refractivity contribution in [3.05, 3.63) is 0 Å². The zero-order valence-electron chi connectivity index (χ0n) is 14.2. The Hall–Kier alpha value is 3.35. The van der Waals surface area contributed by atoms with E-state index in [2.05, 4.69) is 45.2 Å². The molecule has 0 amide bonds. The van der Waals surface area contributed by atoms with E-state index in [0.29, 0.717) is 0 Å². The van der Waals surface area contributed by atoms with Crippen molar-refractivity contribution in [3.8, 4) is 0 Å². The van der Waals surface area contributed by atoms with Crippen molar-refractivity contribution < 1.29 is 0 Å². The Morgan fingerprint density at radius 3 is 1.05 bits per heavy atom. The molecule has 0 aliphatic heterocycles. The van der Waals surface area contributed by atoms with Crippen LogP contribution < -0.4 is 0 Å². The third-order valence-electron chi connectivity index (χ3n) is 2.71. The Kier molecular flexibility index (Phi) is 20.1. The second kappa shape index (κ2) is 17.2. The SMILES string of the molecule is CC[CH2][Bi]([CH2]CC)[S][Bi]([CH2]CC)[S][Bi]([CH2]CC)[CH2]CC. The van der Waals surface area contributed by atoms with Crippen molar-refractivity contribution in [1.29, 1.82) is 0 Å². The molecule has 0 aromatic carbocycles. The first kappa shape index (κ1) is 23.3. The maximum absolute atomic E-state index is 2.76. The summed E-state index contributed by atoms with van der Waals surface area (Å²) in [5, 5.41) is 5.53. The summed E-state index contributed by atoms with van der Waals surface area (Å²) in [6.07, 6.45) is 7.42. The molecule has 0 spiro atoms. The molecule has 0 atom stereocenters. The number of rotatable bonds is 14. The van der Waals surface area contributed by atoms with Gasteiger partial charge in [-0.15, -0.1) is 0 Å². The van der Waals surface area contributed by atoms with Crippen LogP contribution in [0, 0.1) is 0 Å². The van der Waals surface area contributed by atoms with E-state index in [0.717, 1.165) is 0 Å². The molecule has 0 fully saturated rings. The van der Waals surface area contributed by atoms with Crippen LogP contribution in [0.2, 0.25) is 20.6 Å². The van der Waals surface area contributed by atoms with Crippen LogP contribution in [-0.4, -0.2) is 59.4 Å². The fourth-order valence-corrected chi connectivity index (χ4v) is 272.